The molecule has 0 rings (SSSR count). The van der Waals surface area contributed by atoms with Crippen LogP contribution >= 0.6 is 0 Å². The second-order valence-electron chi connectivity index (χ2n) is 4.59. The molecule has 86 valence electrons. The Bertz CT molecular complexity index is 116. The maximum absolute atomic E-state index is 10.2. The molecule has 0 saturated heterocycles. The molecule has 0 aromatic rings. The highest BCUT2D eigenvalue weighted by Gasteiger charge is 2.22. The summed E-state index contributed by atoms with van der Waals surface area (Å²) >= 11 is 0. The van der Waals surface area contributed by atoms with Crippen LogP contribution in [0.5, 0.6) is 0 Å². The fourth-order valence-electron chi connectivity index (χ4n) is 2.32. The van der Waals surface area contributed by atoms with E-state index in [9.17, 15) is 5.11 Å². The number of hydrogen-bond acceptors (Lipinski definition) is 1. The van der Waals surface area contributed by atoms with E-state index in [-0.39, 0.29) is 6.10 Å². The molecule has 0 aromatic carbocycles. The lowest BCUT2D eigenvalue weighted by Gasteiger charge is -2.27. The second kappa shape index (κ2) is 8.28. The standard InChI is InChI=1S/C13H28O/c1-5-8-11(4)13(14)12(9-6-2)10-7-3/h11-14H,5-10H2,1-4H3. The minimum Gasteiger partial charge on any atom is -0.393 e. The molecule has 0 saturated carbocycles. The predicted octanol–water partition coefficient (Wildman–Crippen LogP) is 4.00. The molecule has 0 aromatic heterocycles. The maximum Gasteiger partial charge on any atom is 0.0593 e. The van der Waals surface area contributed by atoms with Gasteiger partial charge < -0.3 is 5.11 Å². The van der Waals surface area contributed by atoms with Crippen molar-refractivity contribution >= 4 is 0 Å². The van der Waals surface area contributed by atoms with Gasteiger partial charge in [-0.2, -0.15) is 0 Å². The summed E-state index contributed by atoms with van der Waals surface area (Å²) in [7, 11) is 0. The Hall–Kier alpha value is -0.0400. The molecule has 0 aliphatic heterocycles. The van der Waals surface area contributed by atoms with Gasteiger partial charge in [-0.15, -0.1) is 0 Å². The Morgan fingerprint density at radius 3 is 1.64 bits per heavy atom. The highest BCUT2D eigenvalue weighted by Crippen LogP contribution is 2.25. The van der Waals surface area contributed by atoms with E-state index in [0.29, 0.717) is 11.8 Å². The molecule has 0 amide bonds. The Morgan fingerprint density at radius 1 is 0.857 bits per heavy atom. The Labute approximate surface area is 89.9 Å². The van der Waals surface area contributed by atoms with Gasteiger partial charge in [0.1, 0.15) is 0 Å². The first-order valence-electron chi connectivity index (χ1n) is 6.35. The molecular weight excluding hydrogens is 172 g/mol. The van der Waals surface area contributed by atoms with E-state index >= 15 is 0 Å². The van der Waals surface area contributed by atoms with E-state index in [0.717, 1.165) is 6.42 Å². The molecule has 0 spiro atoms. The lowest BCUT2D eigenvalue weighted by atomic mass is 9.84. The van der Waals surface area contributed by atoms with Gasteiger partial charge in [0.05, 0.1) is 6.10 Å². The van der Waals surface area contributed by atoms with Crippen molar-refractivity contribution in [1.82, 2.24) is 0 Å². The summed E-state index contributed by atoms with van der Waals surface area (Å²) in [4.78, 5) is 0. The summed E-state index contributed by atoms with van der Waals surface area (Å²) in [5.74, 6) is 1.01. The Kier molecular flexibility index (Phi) is 8.26. The average molecular weight is 200 g/mol. The molecule has 1 heteroatoms. The summed E-state index contributed by atoms with van der Waals surface area (Å²) in [6, 6.07) is 0. The van der Waals surface area contributed by atoms with Crippen molar-refractivity contribution in [3.05, 3.63) is 0 Å². The third-order valence-corrected chi connectivity index (χ3v) is 3.13. The van der Waals surface area contributed by atoms with Crippen molar-refractivity contribution in [3.8, 4) is 0 Å². The fraction of sp³-hybridized carbons (Fsp3) is 1.00. The van der Waals surface area contributed by atoms with Gasteiger partial charge in [0.2, 0.25) is 0 Å². The molecule has 0 aliphatic rings. The zero-order valence-corrected chi connectivity index (χ0v) is 10.4. The van der Waals surface area contributed by atoms with Crippen molar-refractivity contribution in [2.75, 3.05) is 0 Å². The number of aliphatic hydroxyl groups excluding tert-OH is 1. The van der Waals surface area contributed by atoms with Gasteiger partial charge in [-0.25, -0.2) is 0 Å². The molecule has 0 heterocycles. The van der Waals surface area contributed by atoms with Crippen molar-refractivity contribution in [1.29, 1.82) is 0 Å². The number of aliphatic hydroxyl groups is 1. The average Bonchev–Trinajstić information content (AvgIpc) is 2.17. The molecule has 1 N–H and O–H groups in total. The van der Waals surface area contributed by atoms with Crippen LogP contribution < -0.4 is 0 Å². The smallest absolute Gasteiger partial charge is 0.0593 e. The summed E-state index contributed by atoms with van der Waals surface area (Å²) in [6.07, 6.45) is 7.02. The SMILES string of the molecule is CCCC(C)C(O)C(CCC)CCC. The highest BCUT2D eigenvalue weighted by atomic mass is 16.3. The van der Waals surface area contributed by atoms with Gasteiger partial charge in [-0.3, -0.25) is 0 Å². The fourth-order valence-corrected chi connectivity index (χ4v) is 2.32. The largest absolute Gasteiger partial charge is 0.393 e. The number of rotatable bonds is 8. The predicted molar refractivity (Wildman–Crippen MR) is 63.4 cm³/mol. The summed E-state index contributed by atoms with van der Waals surface area (Å²) < 4.78 is 0. The monoisotopic (exact) mass is 200 g/mol. The normalized spacial score (nSPS) is 15.9. The Morgan fingerprint density at radius 2 is 1.29 bits per heavy atom. The quantitative estimate of drug-likeness (QED) is 0.628. The Balaban J connectivity index is 4.03. The summed E-state index contributed by atoms with van der Waals surface area (Å²) in [5.41, 5.74) is 0. The third kappa shape index (κ3) is 4.99. The van der Waals surface area contributed by atoms with Crippen molar-refractivity contribution in [2.45, 2.75) is 72.3 Å². The van der Waals surface area contributed by atoms with Crippen LogP contribution in [0.25, 0.3) is 0 Å². The molecule has 2 atom stereocenters. The van der Waals surface area contributed by atoms with Gasteiger partial charge in [-0.1, -0.05) is 47.0 Å². The zero-order chi connectivity index (χ0) is 11.0. The topological polar surface area (TPSA) is 20.2 Å². The lowest BCUT2D eigenvalue weighted by Crippen LogP contribution is -2.27. The second-order valence-corrected chi connectivity index (χ2v) is 4.59. The molecule has 0 aliphatic carbocycles. The van der Waals surface area contributed by atoms with E-state index in [1.54, 1.807) is 0 Å². The minimum atomic E-state index is -0.0742. The molecular formula is C13H28O. The zero-order valence-electron chi connectivity index (χ0n) is 10.4. The maximum atomic E-state index is 10.2. The minimum absolute atomic E-state index is 0.0742. The van der Waals surface area contributed by atoms with Gasteiger partial charge in [0, 0.05) is 0 Å². The molecule has 2 unspecified atom stereocenters. The first kappa shape index (κ1) is 14.0. The summed E-state index contributed by atoms with van der Waals surface area (Å²) in [5, 5.41) is 10.2. The number of hydrogen-bond donors (Lipinski definition) is 1. The van der Waals surface area contributed by atoms with Crippen molar-refractivity contribution in [2.24, 2.45) is 11.8 Å². The van der Waals surface area contributed by atoms with Crippen LogP contribution in [0.15, 0.2) is 0 Å². The van der Waals surface area contributed by atoms with Crippen LogP contribution in [0.4, 0.5) is 0 Å². The van der Waals surface area contributed by atoms with Crippen LogP contribution in [0.3, 0.4) is 0 Å². The first-order chi connectivity index (χ1) is 6.67. The van der Waals surface area contributed by atoms with Crippen LogP contribution in [0.1, 0.15) is 66.2 Å². The molecule has 0 bridgehead atoms. The third-order valence-electron chi connectivity index (χ3n) is 3.13. The van der Waals surface area contributed by atoms with E-state index in [1.165, 1.54) is 32.1 Å². The van der Waals surface area contributed by atoms with Crippen LogP contribution in [-0.4, -0.2) is 11.2 Å². The van der Waals surface area contributed by atoms with Crippen LogP contribution in [0.2, 0.25) is 0 Å². The molecule has 1 nitrogen and oxygen atoms in total. The van der Waals surface area contributed by atoms with E-state index in [4.69, 9.17) is 0 Å². The van der Waals surface area contributed by atoms with Crippen LogP contribution in [0, 0.1) is 11.8 Å². The van der Waals surface area contributed by atoms with E-state index in [2.05, 4.69) is 27.7 Å². The van der Waals surface area contributed by atoms with E-state index < -0.39 is 0 Å². The van der Waals surface area contributed by atoms with Gasteiger partial charge in [-0.05, 0) is 31.1 Å². The van der Waals surface area contributed by atoms with Crippen molar-refractivity contribution in [3.63, 3.8) is 0 Å². The van der Waals surface area contributed by atoms with Crippen LogP contribution in [-0.2, 0) is 0 Å². The van der Waals surface area contributed by atoms with Gasteiger partial charge in [0.15, 0.2) is 0 Å². The summed E-state index contributed by atoms with van der Waals surface area (Å²) in [6.45, 7) is 8.80. The highest BCUT2D eigenvalue weighted by molar-refractivity contribution is 4.73. The van der Waals surface area contributed by atoms with Gasteiger partial charge >= 0.3 is 0 Å². The molecule has 0 fully saturated rings. The molecule has 14 heavy (non-hydrogen) atoms. The first-order valence-corrected chi connectivity index (χ1v) is 6.35. The molecule has 0 radical (unpaired) electrons. The van der Waals surface area contributed by atoms with Crippen molar-refractivity contribution < 1.29 is 5.11 Å². The van der Waals surface area contributed by atoms with E-state index in [1.807, 2.05) is 0 Å². The van der Waals surface area contributed by atoms with Gasteiger partial charge in [0.25, 0.3) is 0 Å². The lowest BCUT2D eigenvalue weighted by molar-refractivity contribution is 0.0448.